The van der Waals surface area contributed by atoms with Crippen LogP contribution >= 0.6 is 0 Å². The van der Waals surface area contributed by atoms with Crippen molar-refractivity contribution >= 4 is 29.2 Å². The predicted molar refractivity (Wildman–Crippen MR) is 256 cm³/mol. The quantitative estimate of drug-likeness (QED) is 0.134. The first-order chi connectivity index (χ1) is 32.3. The summed E-state index contributed by atoms with van der Waals surface area (Å²) in [4.78, 5) is 72.1. The Morgan fingerprint density at radius 3 is 2.26 bits per heavy atom. The molecule has 384 valence electrons. The van der Waals surface area contributed by atoms with Gasteiger partial charge in [0.15, 0.2) is 5.78 Å². The van der Waals surface area contributed by atoms with Crippen molar-refractivity contribution in [2.24, 2.45) is 35.5 Å². The fraction of sp³-hybridized carbons (Fsp3) is 0.755. The maximum absolute atomic E-state index is 14.5. The van der Waals surface area contributed by atoms with Gasteiger partial charge in [0.25, 0.3) is 11.7 Å². The monoisotopic (exact) mass is 958 g/mol. The van der Waals surface area contributed by atoms with Gasteiger partial charge in [-0.05, 0) is 107 Å². The number of fused-ring (bicyclic) bond motifs is 3. The highest BCUT2D eigenvalue weighted by molar-refractivity contribution is 6.39. The molecule has 1 aliphatic carbocycles. The smallest absolute Gasteiger partial charge is 0.329 e. The molecule has 2 saturated heterocycles. The fourth-order valence-corrected chi connectivity index (χ4v) is 10.5. The molecule has 1 amide bonds. The Kier molecular flexibility index (Phi) is 22.9. The molecular formula is C53H83NO14. The zero-order valence-corrected chi connectivity index (χ0v) is 42.4. The number of rotatable bonds is 9. The SMILES string of the molecule is CO[C@H]1C[C@@H]2CC[C@@H](C)[C@@](O)(O2)C(=O)C(=O)N2CCCC[C@H]2C(=O)O[C@H]([C@H](C)C[C@@H]2CC[C@@H](OCCO)[C@H](OC)C2)CC(=O)[C@H](C)/C=C(\C)[C@@H](O)[C@@H](OC)C(=O)[C@H](C)C[C@@H](C)\C=C/C=C/C=C/1C. The van der Waals surface area contributed by atoms with Crippen LogP contribution < -0.4 is 0 Å². The molecular weight excluding hydrogens is 875 g/mol. The zero-order chi connectivity index (χ0) is 50.3. The number of ether oxygens (including phenoxy) is 6. The lowest BCUT2D eigenvalue weighted by atomic mass is 9.78. The third kappa shape index (κ3) is 15.3. The minimum absolute atomic E-state index is 0.0158. The lowest BCUT2D eigenvalue weighted by Crippen LogP contribution is -2.61. The van der Waals surface area contributed by atoms with Crippen LogP contribution in [0.3, 0.4) is 0 Å². The molecule has 4 rings (SSSR count). The Labute approximate surface area is 405 Å². The van der Waals surface area contributed by atoms with Gasteiger partial charge in [-0.1, -0.05) is 71.1 Å². The highest BCUT2D eigenvalue weighted by atomic mass is 16.6. The summed E-state index contributed by atoms with van der Waals surface area (Å²) in [7, 11) is 4.58. The number of hydrogen-bond acceptors (Lipinski definition) is 14. The lowest BCUT2D eigenvalue weighted by molar-refractivity contribution is -0.265. The van der Waals surface area contributed by atoms with Crippen molar-refractivity contribution in [3.05, 3.63) is 47.6 Å². The van der Waals surface area contributed by atoms with Gasteiger partial charge in [0.1, 0.15) is 30.1 Å². The van der Waals surface area contributed by atoms with Crippen LogP contribution in [0.25, 0.3) is 0 Å². The molecule has 0 aromatic heterocycles. The maximum Gasteiger partial charge on any atom is 0.329 e. The molecule has 0 aromatic rings. The van der Waals surface area contributed by atoms with Gasteiger partial charge in [0.05, 0.1) is 37.6 Å². The number of esters is 1. The topological polar surface area (TPSA) is 205 Å². The highest BCUT2D eigenvalue weighted by Gasteiger charge is 2.53. The second kappa shape index (κ2) is 27.3. The van der Waals surface area contributed by atoms with Gasteiger partial charge in [0.2, 0.25) is 5.79 Å². The van der Waals surface area contributed by atoms with E-state index >= 15 is 0 Å². The van der Waals surface area contributed by atoms with E-state index in [0.717, 1.165) is 12.0 Å². The maximum atomic E-state index is 14.5. The van der Waals surface area contributed by atoms with E-state index in [1.54, 1.807) is 41.1 Å². The molecule has 0 unspecified atom stereocenters. The fourth-order valence-electron chi connectivity index (χ4n) is 10.5. The van der Waals surface area contributed by atoms with Gasteiger partial charge >= 0.3 is 5.97 Å². The Balaban J connectivity index is 1.70. The normalized spacial score (nSPS) is 39.2. The van der Waals surface area contributed by atoms with E-state index in [1.807, 2.05) is 58.1 Å². The number of aliphatic hydroxyl groups is 3. The van der Waals surface area contributed by atoms with Gasteiger partial charge in [-0.25, -0.2) is 4.79 Å². The standard InChI is InChI=1S/C53H83NO14/c1-32-16-12-11-13-17-33(2)44(63-8)30-40-21-19-38(7)53(62,68-40)50(59)51(60)54-23-15-14-18-41(54)52(61)67-45(35(4)28-39-20-22-43(66-25-24-55)46(29-39)64-9)31-42(56)34(3)27-37(6)48(58)49(65-10)47(57)36(5)26-32/h11-13,16-17,27,32,34-36,38-41,43-46,48-49,55,58,62H,14-15,18-26,28-31H2,1-10H3/b13-11+,16-12-,33-17+,37-27+/t32-,34+,35+,36+,38+,39-,40-,41-,43+,44-,45-,46+,48+,49-,53+/m0/s1. The number of methoxy groups -OCH3 is 3. The van der Waals surface area contributed by atoms with E-state index in [9.17, 15) is 39.3 Å². The van der Waals surface area contributed by atoms with Crippen LogP contribution in [0, 0.1) is 35.5 Å². The zero-order valence-electron chi connectivity index (χ0n) is 42.4. The molecule has 0 spiro atoms. The summed E-state index contributed by atoms with van der Waals surface area (Å²) in [5.41, 5.74) is 1.26. The number of carbonyl (C=O) groups excluding carboxylic acids is 5. The Bertz CT molecular complexity index is 1810. The van der Waals surface area contributed by atoms with Gasteiger partial charge in [-0.2, -0.15) is 0 Å². The van der Waals surface area contributed by atoms with Gasteiger partial charge in [-0.3, -0.25) is 19.2 Å². The molecule has 68 heavy (non-hydrogen) atoms. The van der Waals surface area contributed by atoms with E-state index in [0.29, 0.717) is 63.4 Å². The Hall–Kier alpha value is -3.41. The number of amides is 1. The number of ketones is 3. The Morgan fingerprint density at radius 1 is 0.853 bits per heavy atom. The van der Waals surface area contributed by atoms with E-state index < -0.39 is 77.8 Å². The first kappa shape index (κ1) is 57.2. The van der Waals surface area contributed by atoms with Crippen molar-refractivity contribution in [1.82, 2.24) is 4.90 Å². The van der Waals surface area contributed by atoms with E-state index in [-0.39, 0.29) is 74.1 Å². The summed E-state index contributed by atoms with van der Waals surface area (Å²) < 4.78 is 35.6. The molecule has 15 heteroatoms. The third-order valence-electron chi connectivity index (χ3n) is 14.9. The van der Waals surface area contributed by atoms with Crippen molar-refractivity contribution < 1.29 is 67.7 Å². The third-order valence-corrected chi connectivity index (χ3v) is 14.9. The molecule has 3 heterocycles. The summed E-state index contributed by atoms with van der Waals surface area (Å²) in [5, 5.41) is 32.8. The molecule has 15 atom stereocenters. The first-order valence-electron chi connectivity index (χ1n) is 25.0. The van der Waals surface area contributed by atoms with Crippen LogP contribution in [0.4, 0.5) is 0 Å². The van der Waals surface area contributed by atoms with Crippen molar-refractivity contribution in [1.29, 1.82) is 0 Å². The first-order valence-corrected chi connectivity index (χ1v) is 25.0. The molecule has 0 radical (unpaired) electrons. The summed E-state index contributed by atoms with van der Waals surface area (Å²) >= 11 is 0. The highest BCUT2D eigenvalue weighted by Crippen LogP contribution is 2.38. The molecule has 3 N–H and O–H groups in total. The number of nitrogens with zero attached hydrogens (tertiary/aromatic N) is 1. The van der Waals surface area contributed by atoms with Crippen molar-refractivity contribution in [2.45, 2.75) is 180 Å². The van der Waals surface area contributed by atoms with Crippen LogP contribution in [-0.2, 0) is 52.4 Å². The van der Waals surface area contributed by atoms with E-state index in [2.05, 4.69) is 0 Å². The number of cyclic esters (lactones) is 1. The number of piperidine rings is 1. The van der Waals surface area contributed by atoms with E-state index in [4.69, 9.17) is 28.4 Å². The molecule has 4 aliphatic rings. The molecule has 3 fully saturated rings. The molecule has 2 bridgehead atoms. The minimum atomic E-state index is -2.43. The summed E-state index contributed by atoms with van der Waals surface area (Å²) in [6.07, 6.45) is 12.0. The second-order valence-electron chi connectivity index (χ2n) is 20.2. The largest absolute Gasteiger partial charge is 0.460 e. The Morgan fingerprint density at radius 2 is 1.59 bits per heavy atom. The molecule has 15 nitrogen and oxygen atoms in total. The van der Waals surface area contributed by atoms with E-state index in [1.165, 1.54) is 12.0 Å². The van der Waals surface area contributed by atoms with Crippen LogP contribution in [0.15, 0.2) is 47.6 Å². The van der Waals surface area contributed by atoms with Crippen LogP contribution in [-0.4, -0.2) is 145 Å². The number of Topliss-reactive ketones (excluding diaryl/α,β-unsaturated/α-hetero) is 3. The summed E-state index contributed by atoms with van der Waals surface area (Å²) in [6.45, 7) is 12.9. The van der Waals surface area contributed by atoms with Crippen LogP contribution in [0.2, 0.25) is 0 Å². The molecule has 3 aliphatic heterocycles. The molecule has 1 saturated carbocycles. The lowest BCUT2D eigenvalue weighted by Gasteiger charge is -2.42. The average Bonchev–Trinajstić information content (AvgIpc) is 3.32. The van der Waals surface area contributed by atoms with Crippen molar-refractivity contribution in [2.75, 3.05) is 41.1 Å². The molecule has 0 aromatic carbocycles. The number of allylic oxidation sites excluding steroid dienone is 6. The second-order valence-corrected chi connectivity index (χ2v) is 20.2. The van der Waals surface area contributed by atoms with Crippen molar-refractivity contribution in [3.63, 3.8) is 0 Å². The predicted octanol–water partition coefficient (Wildman–Crippen LogP) is 6.20. The van der Waals surface area contributed by atoms with Gasteiger partial charge in [0, 0.05) is 58.5 Å². The number of hydrogen-bond donors (Lipinski definition) is 3. The summed E-state index contributed by atoms with van der Waals surface area (Å²) in [6, 6.07) is -1.14. The van der Waals surface area contributed by atoms with Gasteiger partial charge < -0.3 is 48.6 Å². The minimum Gasteiger partial charge on any atom is -0.460 e. The summed E-state index contributed by atoms with van der Waals surface area (Å²) in [5.74, 6) is -7.96. The average molecular weight is 958 g/mol. The van der Waals surface area contributed by atoms with Crippen LogP contribution in [0.1, 0.15) is 126 Å². The number of carbonyl (C=O) groups is 5. The van der Waals surface area contributed by atoms with Gasteiger partial charge in [-0.15, -0.1) is 0 Å². The van der Waals surface area contributed by atoms with Crippen molar-refractivity contribution in [3.8, 4) is 0 Å². The van der Waals surface area contributed by atoms with Crippen LogP contribution in [0.5, 0.6) is 0 Å². The number of aliphatic hydroxyl groups excluding tert-OH is 2.